The molecule has 0 saturated heterocycles. The molecule has 6 nitrogen and oxygen atoms in total. The summed E-state index contributed by atoms with van der Waals surface area (Å²) in [6.07, 6.45) is 0. The highest BCUT2D eigenvalue weighted by Gasteiger charge is 2.19. The van der Waals surface area contributed by atoms with Crippen LogP contribution in [0.25, 0.3) is 0 Å². The minimum atomic E-state index is -0.684. The van der Waals surface area contributed by atoms with Crippen LogP contribution < -0.4 is 11.1 Å². The number of nitro benzene ring substituents is 1. The number of nitrogens with zero attached hydrogens (tertiary/aromatic N) is 1. The smallest absolute Gasteiger partial charge is 0.294 e. The average molecular weight is 371 g/mol. The largest absolute Gasteiger partial charge is 0.392 e. The summed E-state index contributed by atoms with van der Waals surface area (Å²) >= 11 is 9.11. The van der Waals surface area contributed by atoms with Crippen molar-refractivity contribution in [3.8, 4) is 0 Å². The van der Waals surface area contributed by atoms with E-state index in [1.807, 2.05) is 0 Å². The van der Waals surface area contributed by atoms with Crippen LogP contribution in [-0.4, -0.2) is 10.8 Å². The van der Waals surface area contributed by atoms with Crippen molar-refractivity contribution in [3.63, 3.8) is 0 Å². The van der Waals surface area contributed by atoms with E-state index in [-0.39, 0.29) is 16.3 Å². The van der Waals surface area contributed by atoms with Crippen LogP contribution in [0.4, 0.5) is 17.1 Å². The maximum atomic E-state index is 12.2. The predicted molar refractivity (Wildman–Crippen MR) is 84.6 cm³/mol. The number of para-hydroxylation sites is 1. The fraction of sp³-hybridized carbons (Fsp3) is 0. The molecular weight excluding hydrogens is 362 g/mol. The highest BCUT2D eigenvalue weighted by atomic mass is 79.9. The van der Waals surface area contributed by atoms with Crippen molar-refractivity contribution < 1.29 is 9.72 Å². The Morgan fingerprint density at radius 2 is 2.00 bits per heavy atom. The number of hydrogen-bond donors (Lipinski definition) is 2. The Morgan fingerprint density at radius 1 is 1.33 bits per heavy atom. The lowest BCUT2D eigenvalue weighted by molar-refractivity contribution is -0.383. The van der Waals surface area contributed by atoms with Gasteiger partial charge in [-0.1, -0.05) is 23.7 Å². The van der Waals surface area contributed by atoms with Gasteiger partial charge in [0.05, 0.1) is 15.6 Å². The molecule has 0 saturated carbocycles. The van der Waals surface area contributed by atoms with Crippen molar-refractivity contribution in [2.24, 2.45) is 0 Å². The molecule has 0 unspecified atom stereocenters. The maximum absolute atomic E-state index is 12.2. The Morgan fingerprint density at radius 3 is 2.62 bits per heavy atom. The highest BCUT2D eigenvalue weighted by molar-refractivity contribution is 9.10. The molecule has 0 bridgehead atoms. The minimum absolute atomic E-state index is 0.0403. The predicted octanol–water partition coefficient (Wildman–Crippen LogP) is 3.85. The zero-order chi connectivity index (χ0) is 15.6. The van der Waals surface area contributed by atoms with Crippen LogP contribution in [0.2, 0.25) is 5.02 Å². The molecule has 3 N–H and O–H groups in total. The van der Waals surface area contributed by atoms with E-state index in [4.69, 9.17) is 17.3 Å². The van der Waals surface area contributed by atoms with Crippen LogP contribution in [-0.2, 0) is 0 Å². The van der Waals surface area contributed by atoms with Crippen molar-refractivity contribution in [2.75, 3.05) is 11.1 Å². The summed E-state index contributed by atoms with van der Waals surface area (Å²) in [7, 11) is 0. The molecule has 0 radical (unpaired) electrons. The Hall–Kier alpha value is -2.12. The Bertz CT molecular complexity index is 737. The summed E-state index contributed by atoms with van der Waals surface area (Å²) in [5, 5.41) is 13.5. The fourth-order valence-corrected chi connectivity index (χ4v) is 2.24. The third-order valence-electron chi connectivity index (χ3n) is 2.69. The van der Waals surface area contributed by atoms with Crippen LogP contribution >= 0.6 is 27.5 Å². The number of carbonyl (C=O) groups is 1. The summed E-state index contributed by atoms with van der Waals surface area (Å²) in [5.74, 6) is -0.521. The number of amides is 1. The number of nitrogen functional groups attached to an aromatic ring is 1. The van der Waals surface area contributed by atoms with Gasteiger partial charge in [0, 0.05) is 16.1 Å². The van der Waals surface area contributed by atoms with Crippen molar-refractivity contribution in [3.05, 3.63) is 61.6 Å². The third kappa shape index (κ3) is 3.32. The van der Waals surface area contributed by atoms with Gasteiger partial charge in [0.15, 0.2) is 0 Å². The molecule has 0 aliphatic carbocycles. The molecule has 2 aromatic rings. The van der Waals surface area contributed by atoms with Crippen molar-refractivity contribution in [1.82, 2.24) is 0 Å². The molecule has 0 heterocycles. The number of nitro groups is 1. The van der Waals surface area contributed by atoms with E-state index in [1.54, 1.807) is 24.3 Å². The van der Waals surface area contributed by atoms with E-state index < -0.39 is 16.5 Å². The molecule has 2 rings (SSSR count). The molecular formula is C13H9BrClN3O3. The second kappa shape index (κ2) is 6.11. The van der Waals surface area contributed by atoms with E-state index in [0.29, 0.717) is 10.2 Å². The number of nitrogens with two attached hydrogens (primary N) is 1. The third-order valence-corrected chi connectivity index (χ3v) is 3.69. The summed E-state index contributed by atoms with van der Waals surface area (Å²) in [4.78, 5) is 22.4. The number of hydrogen-bond acceptors (Lipinski definition) is 4. The average Bonchev–Trinajstić information content (AvgIpc) is 2.43. The van der Waals surface area contributed by atoms with Gasteiger partial charge in [-0.15, -0.1) is 0 Å². The number of anilines is 2. The Labute approximate surface area is 133 Å². The molecule has 8 heteroatoms. The number of carbonyl (C=O) groups excluding carboxylic acids is 1. The first-order valence-electron chi connectivity index (χ1n) is 5.69. The van der Waals surface area contributed by atoms with Gasteiger partial charge in [-0.25, -0.2) is 0 Å². The lowest BCUT2D eigenvalue weighted by atomic mass is 10.1. The quantitative estimate of drug-likeness (QED) is 0.487. The number of nitrogens with one attached hydrogen (secondary N) is 1. The normalized spacial score (nSPS) is 10.2. The van der Waals surface area contributed by atoms with E-state index in [2.05, 4.69) is 21.2 Å². The van der Waals surface area contributed by atoms with Crippen molar-refractivity contribution in [2.45, 2.75) is 0 Å². The first-order valence-corrected chi connectivity index (χ1v) is 6.86. The number of benzene rings is 2. The maximum Gasteiger partial charge on any atom is 0.294 e. The topological polar surface area (TPSA) is 98.3 Å². The molecule has 0 aliphatic rings. The molecule has 0 spiro atoms. The molecule has 0 fully saturated rings. The van der Waals surface area contributed by atoms with Gasteiger partial charge in [0.1, 0.15) is 5.69 Å². The van der Waals surface area contributed by atoms with Gasteiger partial charge < -0.3 is 11.1 Å². The summed E-state index contributed by atoms with van der Waals surface area (Å²) in [6.45, 7) is 0. The summed E-state index contributed by atoms with van der Waals surface area (Å²) < 4.78 is 0.689. The van der Waals surface area contributed by atoms with Crippen molar-refractivity contribution >= 4 is 50.5 Å². The van der Waals surface area contributed by atoms with Crippen LogP contribution in [0.3, 0.4) is 0 Å². The molecule has 1 amide bonds. The van der Waals surface area contributed by atoms with Gasteiger partial charge >= 0.3 is 0 Å². The second-order valence-corrected chi connectivity index (χ2v) is 5.34. The van der Waals surface area contributed by atoms with E-state index in [9.17, 15) is 14.9 Å². The lowest BCUT2D eigenvalue weighted by Crippen LogP contribution is -2.13. The second-order valence-electron chi connectivity index (χ2n) is 4.08. The monoisotopic (exact) mass is 369 g/mol. The number of halogens is 2. The zero-order valence-electron chi connectivity index (χ0n) is 10.5. The molecule has 0 atom stereocenters. The van der Waals surface area contributed by atoms with E-state index in [1.165, 1.54) is 6.07 Å². The zero-order valence-corrected chi connectivity index (χ0v) is 12.8. The molecule has 0 aromatic heterocycles. The summed E-state index contributed by atoms with van der Waals surface area (Å²) in [6, 6.07) is 9.37. The fourth-order valence-electron chi connectivity index (χ4n) is 1.64. The van der Waals surface area contributed by atoms with Gasteiger partial charge in [-0.3, -0.25) is 14.9 Å². The highest BCUT2D eigenvalue weighted by Crippen LogP contribution is 2.31. The Kier molecular flexibility index (Phi) is 4.44. The van der Waals surface area contributed by atoms with E-state index >= 15 is 0 Å². The lowest BCUT2D eigenvalue weighted by Gasteiger charge is -2.08. The number of rotatable bonds is 3. The SMILES string of the molecule is Nc1c(Cl)cc(C(=O)Nc2ccccc2Br)cc1[N+](=O)[O-]. The molecule has 108 valence electrons. The summed E-state index contributed by atoms with van der Waals surface area (Å²) in [5.41, 5.74) is 5.54. The minimum Gasteiger partial charge on any atom is -0.392 e. The first kappa shape index (κ1) is 15.3. The van der Waals surface area contributed by atoms with Crippen LogP contribution in [0.15, 0.2) is 40.9 Å². The van der Waals surface area contributed by atoms with E-state index in [0.717, 1.165) is 6.07 Å². The molecule has 2 aromatic carbocycles. The van der Waals surface area contributed by atoms with Crippen molar-refractivity contribution in [1.29, 1.82) is 0 Å². The molecule has 21 heavy (non-hydrogen) atoms. The van der Waals surface area contributed by atoms with Crippen LogP contribution in [0.5, 0.6) is 0 Å². The van der Waals surface area contributed by atoms with Crippen LogP contribution in [0, 0.1) is 10.1 Å². The van der Waals surface area contributed by atoms with Gasteiger partial charge in [-0.2, -0.15) is 0 Å². The standard InChI is InChI=1S/C13H9BrClN3O3/c14-8-3-1-2-4-10(8)17-13(19)7-5-9(15)12(16)11(6-7)18(20)21/h1-6H,16H2,(H,17,19). The Balaban J connectivity index is 2.36. The molecule has 0 aliphatic heterocycles. The first-order chi connectivity index (χ1) is 9.90. The van der Waals surface area contributed by atoms with Gasteiger partial charge in [0.2, 0.25) is 0 Å². The van der Waals surface area contributed by atoms with Gasteiger partial charge in [0.25, 0.3) is 11.6 Å². The van der Waals surface area contributed by atoms with Crippen LogP contribution in [0.1, 0.15) is 10.4 Å². The van der Waals surface area contributed by atoms with Gasteiger partial charge in [-0.05, 0) is 34.1 Å².